The summed E-state index contributed by atoms with van der Waals surface area (Å²) in [6, 6.07) is 0. The van der Waals surface area contributed by atoms with Crippen molar-refractivity contribution in [1.82, 2.24) is 0 Å². The van der Waals surface area contributed by atoms with Gasteiger partial charge in [0.15, 0.2) is 0 Å². The van der Waals surface area contributed by atoms with Gasteiger partial charge in [-0.2, -0.15) is 0 Å². The summed E-state index contributed by atoms with van der Waals surface area (Å²) in [5.41, 5.74) is 0.754. The number of carbonyl (C=O) groups excluding carboxylic acids is 1. The van der Waals surface area contributed by atoms with Gasteiger partial charge in [-0.3, -0.25) is 0 Å². The van der Waals surface area contributed by atoms with E-state index in [0.717, 1.165) is 30.6 Å². The van der Waals surface area contributed by atoms with Gasteiger partial charge in [0.1, 0.15) is 11.9 Å². The van der Waals surface area contributed by atoms with Crippen LogP contribution in [-0.2, 0) is 14.3 Å². The maximum Gasteiger partial charge on any atom is 0.337 e. The number of ether oxygens (including phenoxy) is 2. The average molecular weight is 264 g/mol. The Bertz CT molecular complexity index is 383. The lowest BCUT2D eigenvalue weighted by molar-refractivity contribution is -0.136. The monoisotopic (exact) mass is 264 g/mol. The van der Waals surface area contributed by atoms with Crippen LogP contribution in [0.5, 0.6) is 0 Å². The largest absolute Gasteiger partial charge is 0.490 e. The van der Waals surface area contributed by atoms with Crippen molar-refractivity contribution in [2.75, 3.05) is 7.11 Å². The third-order valence-corrected chi connectivity index (χ3v) is 4.36. The highest BCUT2D eigenvalue weighted by Gasteiger charge is 2.41. The molecule has 3 atom stereocenters. The Balaban J connectivity index is 2.21. The first-order valence-corrected chi connectivity index (χ1v) is 7.31. The Morgan fingerprint density at radius 2 is 2.37 bits per heavy atom. The second-order valence-electron chi connectivity index (χ2n) is 5.51. The molecule has 3 nitrogen and oxygen atoms in total. The first-order valence-electron chi connectivity index (χ1n) is 7.31. The predicted molar refractivity (Wildman–Crippen MR) is 74.5 cm³/mol. The molecule has 106 valence electrons. The average Bonchev–Trinajstić information content (AvgIpc) is 2.88. The van der Waals surface area contributed by atoms with Crippen molar-refractivity contribution in [2.45, 2.75) is 51.6 Å². The molecular formula is C16H24O3. The molecule has 1 saturated heterocycles. The van der Waals surface area contributed by atoms with Gasteiger partial charge in [-0.1, -0.05) is 32.4 Å². The summed E-state index contributed by atoms with van der Waals surface area (Å²) in [4.78, 5) is 11.8. The van der Waals surface area contributed by atoms with Crippen LogP contribution < -0.4 is 0 Å². The summed E-state index contributed by atoms with van der Waals surface area (Å²) in [7, 11) is 1.44. The van der Waals surface area contributed by atoms with Crippen LogP contribution in [0.2, 0.25) is 0 Å². The highest BCUT2D eigenvalue weighted by Crippen LogP contribution is 2.46. The molecule has 0 aromatic rings. The molecule has 2 rings (SSSR count). The quantitative estimate of drug-likeness (QED) is 0.562. The maximum atomic E-state index is 11.8. The van der Waals surface area contributed by atoms with E-state index in [2.05, 4.69) is 13.5 Å². The van der Waals surface area contributed by atoms with Crippen LogP contribution in [0.25, 0.3) is 0 Å². The van der Waals surface area contributed by atoms with Crippen molar-refractivity contribution >= 4 is 5.97 Å². The van der Waals surface area contributed by atoms with Crippen molar-refractivity contribution in [3.63, 3.8) is 0 Å². The summed E-state index contributed by atoms with van der Waals surface area (Å²) >= 11 is 0. The van der Waals surface area contributed by atoms with Gasteiger partial charge >= 0.3 is 5.97 Å². The SMILES string of the molecule is C=C[C@H]1C[C@@H]2C(=C(C(=O)OC)CC[C@H]2CCCC)O1. The molecule has 0 amide bonds. The normalized spacial score (nSPS) is 29.7. The minimum atomic E-state index is -0.223. The van der Waals surface area contributed by atoms with Crippen molar-refractivity contribution in [3.05, 3.63) is 24.0 Å². The van der Waals surface area contributed by atoms with Crippen LogP contribution in [0.3, 0.4) is 0 Å². The summed E-state index contributed by atoms with van der Waals surface area (Å²) in [6.07, 6.45) is 8.43. The molecule has 1 fully saturated rings. The first kappa shape index (κ1) is 14.2. The van der Waals surface area contributed by atoms with E-state index in [9.17, 15) is 4.79 Å². The van der Waals surface area contributed by atoms with Crippen LogP contribution in [0.1, 0.15) is 45.4 Å². The van der Waals surface area contributed by atoms with E-state index in [1.165, 1.54) is 26.4 Å². The number of allylic oxidation sites excluding steroid dienone is 1. The van der Waals surface area contributed by atoms with Gasteiger partial charge in [0.2, 0.25) is 0 Å². The van der Waals surface area contributed by atoms with E-state index in [4.69, 9.17) is 9.47 Å². The Hall–Kier alpha value is -1.25. The van der Waals surface area contributed by atoms with E-state index < -0.39 is 0 Å². The summed E-state index contributed by atoms with van der Waals surface area (Å²) in [5, 5.41) is 0. The molecule has 1 heterocycles. The number of rotatable bonds is 5. The van der Waals surface area contributed by atoms with Crippen LogP contribution in [0.15, 0.2) is 24.0 Å². The molecule has 0 spiro atoms. The summed E-state index contributed by atoms with van der Waals surface area (Å²) < 4.78 is 10.8. The number of fused-ring (bicyclic) bond motifs is 1. The molecule has 0 aromatic heterocycles. The number of methoxy groups -OCH3 is 1. The molecule has 0 unspecified atom stereocenters. The predicted octanol–water partition coefficient (Wildman–Crippen LogP) is 3.60. The molecule has 0 radical (unpaired) electrons. The van der Waals surface area contributed by atoms with Gasteiger partial charge in [0.05, 0.1) is 12.7 Å². The smallest absolute Gasteiger partial charge is 0.337 e. The van der Waals surface area contributed by atoms with E-state index in [0.29, 0.717) is 11.8 Å². The molecule has 1 aliphatic carbocycles. The number of hydrogen-bond donors (Lipinski definition) is 0. The zero-order valence-electron chi connectivity index (χ0n) is 12.0. The topological polar surface area (TPSA) is 35.5 Å². The lowest BCUT2D eigenvalue weighted by Gasteiger charge is -2.29. The molecule has 0 aromatic carbocycles. The fraction of sp³-hybridized carbons (Fsp3) is 0.688. The standard InChI is InChI=1S/C16H24O3/c1-4-6-7-11-8-9-13(16(17)18-3)15-14(11)10-12(5-2)19-15/h5,11-12,14H,2,4,6-10H2,1,3H3/t11-,12+,14+/m1/s1. The van der Waals surface area contributed by atoms with Gasteiger partial charge in [0.25, 0.3) is 0 Å². The molecular weight excluding hydrogens is 240 g/mol. The number of unbranched alkanes of at least 4 members (excludes halogenated alkanes) is 1. The summed E-state index contributed by atoms with van der Waals surface area (Å²) in [5.74, 6) is 1.70. The Labute approximate surface area is 115 Å². The zero-order chi connectivity index (χ0) is 13.8. The third kappa shape index (κ3) is 2.85. The molecule has 0 N–H and O–H groups in total. The Morgan fingerprint density at radius 1 is 1.58 bits per heavy atom. The van der Waals surface area contributed by atoms with Crippen molar-refractivity contribution < 1.29 is 14.3 Å². The van der Waals surface area contributed by atoms with Gasteiger partial charge in [-0.25, -0.2) is 4.79 Å². The minimum Gasteiger partial charge on any atom is -0.490 e. The van der Waals surface area contributed by atoms with E-state index >= 15 is 0 Å². The highest BCUT2D eigenvalue weighted by molar-refractivity contribution is 5.89. The molecule has 0 saturated carbocycles. The van der Waals surface area contributed by atoms with Crippen LogP contribution in [0, 0.1) is 11.8 Å². The molecule has 0 bridgehead atoms. The van der Waals surface area contributed by atoms with Gasteiger partial charge in [-0.15, -0.1) is 0 Å². The highest BCUT2D eigenvalue weighted by atomic mass is 16.5. The first-order chi connectivity index (χ1) is 9.21. The van der Waals surface area contributed by atoms with Crippen LogP contribution in [-0.4, -0.2) is 19.2 Å². The second kappa shape index (κ2) is 6.27. The maximum absolute atomic E-state index is 11.8. The van der Waals surface area contributed by atoms with Crippen LogP contribution >= 0.6 is 0 Å². The second-order valence-corrected chi connectivity index (χ2v) is 5.51. The Morgan fingerprint density at radius 3 is 3.00 bits per heavy atom. The molecule has 2 aliphatic rings. The molecule has 19 heavy (non-hydrogen) atoms. The van der Waals surface area contributed by atoms with Crippen molar-refractivity contribution in [1.29, 1.82) is 0 Å². The lowest BCUT2D eigenvalue weighted by atomic mass is 9.75. The van der Waals surface area contributed by atoms with Crippen molar-refractivity contribution in [2.24, 2.45) is 11.8 Å². The minimum absolute atomic E-state index is 0.0573. The Kier molecular flexibility index (Phi) is 4.67. The van der Waals surface area contributed by atoms with E-state index in [1.54, 1.807) is 0 Å². The van der Waals surface area contributed by atoms with Crippen molar-refractivity contribution in [3.8, 4) is 0 Å². The fourth-order valence-corrected chi connectivity index (χ4v) is 3.29. The molecule has 3 heteroatoms. The van der Waals surface area contributed by atoms with Gasteiger partial charge in [0, 0.05) is 5.92 Å². The van der Waals surface area contributed by atoms with Gasteiger partial charge < -0.3 is 9.47 Å². The number of hydrogen-bond acceptors (Lipinski definition) is 3. The zero-order valence-corrected chi connectivity index (χ0v) is 12.0. The van der Waals surface area contributed by atoms with E-state index in [-0.39, 0.29) is 12.1 Å². The third-order valence-electron chi connectivity index (χ3n) is 4.36. The van der Waals surface area contributed by atoms with Crippen LogP contribution in [0.4, 0.5) is 0 Å². The van der Waals surface area contributed by atoms with E-state index in [1.807, 2.05) is 6.08 Å². The molecule has 1 aliphatic heterocycles. The number of carbonyl (C=O) groups is 1. The summed E-state index contributed by atoms with van der Waals surface area (Å²) in [6.45, 7) is 6.03. The fourth-order valence-electron chi connectivity index (χ4n) is 3.29. The van der Waals surface area contributed by atoms with Gasteiger partial charge in [-0.05, 0) is 31.6 Å². The number of esters is 1. The lowest BCUT2D eigenvalue weighted by Crippen LogP contribution is -2.23.